The number of piperazine rings is 1. The van der Waals surface area contributed by atoms with Crippen LogP contribution in [0.25, 0.3) is 0 Å². The molecule has 0 spiro atoms. The molecule has 1 saturated carbocycles. The molecule has 6 nitrogen and oxygen atoms in total. The number of amides is 1. The van der Waals surface area contributed by atoms with Crippen LogP contribution in [0.4, 0.5) is 0 Å². The zero-order valence-corrected chi connectivity index (χ0v) is 14.4. The van der Waals surface area contributed by atoms with Gasteiger partial charge < -0.3 is 4.90 Å². The lowest BCUT2D eigenvalue weighted by Gasteiger charge is -2.35. The second-order valence-electron chi connectivity index (χ2n) is 6.03. The molecule has 2 fully saturated rings. The molecule has 2 aliphatic rings. The van der Waals surface area contributed by atoms with Gasteiger partial charge in [0.2, 0.25) is 15.9 Å². The predicted molar refractivity (Wildman–Crippen MR) is 86.5 cm³/mol. The van der Waals surface area contributed by atoms with E-state index >= 15 is 0 Å². The summed E-state index contributed by atoms with van der Waals surface area (Å²) in [5.74, 6) is 0.325. The third-order valence-electron chi connectivity index (χ3n) is 4.59. The molecule has 1 aliphatic heterocycles. The summed E-state index contributed by atoms with van der Waals surface area (Å²) in [5.41, 5.74) is 0. The molecule has 8 heteroatoms. The summed E-state index contributed by atoms with van der Waals surface area (Å²) >= 11 is 5.70. The number of hydrogen-bond acceptors (Lipinski definition) is 4. The average molecular weight is 358 g/mol. The van der Waals surface area contributed by atoms with Gasteiger partial charge in [-0.3, -0.25) is 4.79 Å². The van der Waals surface area contributed by atoms with Crippen LogP contribution in [0, 0.1) is 5.92 Å². The van der Waals surface area contributed by atoms with Gasteiger partial charge in [0.25, 0.3) is 0 Å². The molecule has 0 bridgehead atoms. The Bertz CT molecular complexity index is 664. The van der Waals surface area contributed by atoms with E-state index in [2.05, 4.69) is 4.98 Å². The van der Waals surface area contributed by atoms with Gasteiger partial charge in [-0.05, 0) is 25.0 Å². The average Bonchev–Trinajstić information content (AvgIpc) is 3.09. The third kappa shape index (κ3) is 3.51. The van der Waals surface area contributed by atoms with E-state index in [1.807, 2.05) is 4.90 Å². The third-order valence-corrected chi connectivity index (χ3v) is 6.70. The van der Waals surface area contributed by atoms with Crippen LogP contribution in [-0.4, -0.2) is 54.7 Å². The second kappa shape index (κ2) is 6.75. The van der Waals surface area contributed by atoms with Gasteiger partial charge in [0.1, 0.15) is 10.0 Å². The fraction of sp³-hybridized carbons (Fsp3) is 0.600. The summed E-state index contributed by atoms with van der Waals surface area (Å²) < 4.78 is 26.6. The molecule has 1 aromatic rings. The fourth-order valence-electron chi connectivity index (χ4n) is 3.24. The van der Waals surface area contributed by atoms with E-state index < -0.39 is 10.0 Å². The van der Waals surface area contributed by atoms with Gasteiger partial charge in [-0.2, -0.15) is 4.31 Å². The number of hydrogen-bond donors (Lipinski definition) is 0. The number of aromatic nitrogens is 1. The van der Waals surface area contributed by atoms with Gasteiger partial charge in [0.05, 0.1) is 0 Å². The van der Waals surface area contributed by atoms with Crippen molar-refractivity contribution >= 4 is 27.5 Å². The maximum atomic E-state index is 12.6. The minimum atomic E-state index is -3.57. The number of carbonyl (C=O) groups excluding carboxylic acids is 1. The zero-order chi connectivity index (χ0) is 16.4. The normalized spacial score (nSPS) is 20.8. The smallest absolute Gasteiger partial charge is 0.244 e. The molecule has 2 heterocycles. The van der Waals surface area contributed by atoms with Crippen molar-refractivity contribution in [2.75, 3.05) is 26.2 Å². The van der Waals surface area contributed by atoms with Crippen molar-refractivity contribution in [3.05, 3.63) is 23.5 Å². The van der Waals surface area contributed by atoms with Crippen LogP contribution in [0.2, 0.25) is 5.15 Å². The predicted octanol–water partition coefficient (Wildman–Crippen LogP) is 1.76. The monoisotopic (exact) mass is 357 g/mol. The number of rotatable bonds is 3. The van der Waals surface area contributed by atoms with Gasteiger partial charge in [-0.1, -0.05) is 24.4 Å². The Morgan fingerprint density at radius 2 is 1.78 bits per heavy atom. The van der Waals surface area contributed by atoms with Crippen molar-refractivity contribution in [2.45, 2.75) is 30.6 Å². The van der Waals surface area contributed by atoms with Crippen LogP contribution in [-0.2, 0) is 14.8 Å². The SMILES string of the molecule is O=C(C1CCCC1)N1CCN(S(=O)(=O)c2ccc(Cl)nc2)CC1. The highest BCUT2D eigenvalue weighted by molar-refractivity contribution is 7.89. The quantitative estimate of drug-likeness (QED) is 0.773. The molecule has 0 N–H and O–H groups in total. The first-order chi connectivity index (χ1) is 11.0. The number of pyridine rings is 1. The van der Waals surface area contributed by atoms with Gasteiger partial charge >= 0.3 is 0 Å². The van der Waals surface area contributed by atoms with Crippen molar-refractivity contribution in [2.24, 2.45) is 5.92 Å². The lowest BCUT2D eigenvalue weighted by molar-refractivity contribution is -0.136. The number of sulfonamides is 1. The first kappa shape index (κ1) is 16.7. The Hall–Kier alpha value is -1.18. The zero-order valence-electron chi connectivity index (χ0n) is 12.8. The summed E-state index contributed by atoms with van der Waals surface area (Å²) in [6.45, 7) is 1.55. The van der Waals surface area contributed by atoms with Crippen molar-refractivity contribution in [3.63, 3.8) is 0 Å². The lowest BCUT2D eigenvalue weighted by Crippen LogP contribution is -2.51. The highest BCUT2D eigenvalue weighted by atomic mass is 35.5. The molecule has 1 aliphatic carbocycles. The fourth-order valence-corrected chi connectivity index (χ4v) is 4.72. The van der Waals surface area contributed by atoms with Crippen LogP contribution in [0.5, 0.6) is 0 Å². The maximum absolute atomic E-state index is 12.6. The van der Waals surface area contributed by atoms with E-state index in [1.165, 1.54) is 22.6 Å². The molecule has 1 amide bonds. The molecule has 1 saturated heterocycles. The Balaban J connectivity index is 1.64. The van der Waals surface area contributed by atoms with Gasteiger partial charge in [-0.15, -0.1) is 0 Å². The van der Waals surface area contributed by atoms with E-state index in [0.29, 0.717) is 26.2 Å². The molecule has 3 rings (SSSR count). The molecule has 0 aromatic carbocycles. The number of halogens is 1. The van der Waals surface area contributed by atoms with Crippen molar-refractivity contribution < 1.29 is 13.2 Å². The number of nitrogens with zero attached hydrogens (tertiary/aromatic N) is 3. The van der Waals surface area contributed by atoms with Crippen LogP contribution in [0.15, 0.2) is 23.2 Å². The summed E-state index contributed by atoms with van der Waals surface area (Å²) in [7, 11) is -3.57. The summed E-state index contributed by atoms with van der Waals surface area (Å²) in [6, 6.07) is 2.93. The minimum absolute atomic E-state index is 0.137. The van der Waals surface area contributed by atoms with Crippen molar-refractivity contribution in [1.29, 1.82) is 0 Å². The highest BCUT2D eigenvalue weighted by Crippen LogP contribution is 2.27. The highest BCUT2D eigenvalue weighted by Gasteiger charge is 2.33. The molecule has 126 valence electrons. The summed E-state index contributed by atoms with van der Waals surface area (Å²) in [5, 5.41) is 0.260. The molecule has 0 radical (unpaired) electrons. The topological polar surface area (TPSA) is 70.6 Å². The van der Waals surface area contributed by atoms with Gasteiger partial charge in [0, 0.05) is 38.3 Å². The molecular weight excluding hydrogens is 338 g/mol. The molecule has 0 atom stereocenters. The Labute approximate surface area is 141 Å². The second-order valence-corrected chi connectivity index (χ2v) is 8.35. The largest absolute Gasteiger partial charge is 0.340 e. The first-order valence-corrected chi connectivity index (χ1v) is 9.71. The standard InChI is InChI=1S/C15H20ClN3O3S/c16-14-6-5-13(11-17-14)23(21,22)19-9-7-18(8-10-19)15(20)12-3-1-2-4-12/h5-6,11-12H,1-4,7-10H2. The van der Waals surface area contributed by atoms with E-state index in [9.17, 15) is 13.2 Å². The van der Waals surface area contributed by atoms with Crippen LogP contribution >= 0.6 is 11.6 Å². The van der Waals surface area contributed by atoms with E-state index in [1.54, 1.807) is 0 Å². The maximum Gasteiger partial charge on any atom is 0.244 e. The Kier molecular flexibility index (Phi) is 4.89. The van der Waals surface area contributed by atoms with E-state index in [4.69, 9.17) is 11.6 Å². The van der Waals surface area contributed by atoms with Crippen LogP contribution < -0.4 is 0 Å². The Morgan fingerprint density at radius 1 is 1.13 bits per heavy atom. The molecular formula is C15H20ClN3O3S. The molecule has 23 heavy (non-hydrogen) atoms. The summed E-state index contributed by atoms with van der Waals surface area (Å²) in [4.78, 5) is 18.2. The van der Waals surface area contributed by atoms with E-state index in [-0.39, 0.29) is 21.9 Å². The van der Waals surface area contributed by atoms with E-state index in [0.717, 1.165) is 25.7 Å². The van der Waals surface area contributed by atoms with Crippen molar-refractivity contribution in [3.8, 4) is 0 Å². The molecule has 1 aromatic heterocycles. The lowest BCUT2D eigenvalue weighted by atomic mass is 10.1. The number of carbonyl (C=O) groups is 1. The molecule has 0 unspecified atom stereocenters. The van der Waals surface area contributed by atoms with Crippen LogP contribution in [0.3, 0.4) is 0 Å². The summed E-state index contributed by atoms with van der Waals surface area (Å²) in [6.07, 6.45) is 5.44. The van der Waals surface area contributed by atoms with Crippen molar-refractivity contribution in [1.82, 2.24) is 14.2 Å². The Morgan fingerprint density at radius 3 is 2.35 bits per heavy atom. The first-order valence-electron chi connectivity index (χ1n) is 7.89. The van der Waals surface area contributed by atoms with Gasteiger partial charge in [-0.25, -0.2) is 13.4 Å². The van der Waals surface area contributed by atoms with Gasteiger partial charge in [0.15, 0.2) is 0 Å². The van der Waals surface area contributed by atoms with Crippen LogP contribution in [0.1, 0.15) is 25.7 Å². The minimum Gasteiger partial charge on any atom is -0.340 e.